The van der Waals surface area contributed by atoms with Crippen LogP contribution in [0.4, 0.5) is 0 Å². The number of nitrogens with one attached hydrogen (secondary N) is 1. The molecule has 0 aliphatic carbocycles. The van der Waals surface area contributed by atoms with Crippen molar-refractivity contribution in [3.05, 3.63) is 107 Å². The number of rotatable bonds is 9. The summed E-state index contributed by atoms with van der Waals surface area (Å²) in [6.07, 6.45) is 4.53. The van der Waals surface area contributed by atoms with Gasteiger partial charge >= 0.3 is 5.97 Å². The molecule has 35 heavy (non-hydrogen) atoms. The summed E-state index contributed by atoms with van der Waals surface area (Å²) in [6, 6.07) is 24.7. The molecule has 1 saturated heterocycles. The summed E-state index contributed by atoms with van der Waals surface area (Å²) in [4.78, 5) is 32.5. The average Bonchev–Trinajstić information content (AvgIpc) is 2.89. The van der Waals surface area contributed by atoms with Gasteiger partial charge in [-0.2, -0.15) is 0 Å². The maximum Gasteiger partial charge on any atom is 0.336 e. The largest absolute Gasteiger partial charge is 0.478 e. The Morgan fingerprint density at radius 1 is 1.00 bits per heavy atom. The standard InChI is InChI=1S/C29H30N2O4/c1-2-3-13-27-30-35-26(19-16-21-9-5-4-6-10-21)28(32)31(27)20-22-14-17-23(18-15-22)24-11-7-8-12-25(24)29(33)34/h4-15,17-18,26,30H,2-3,16,19-20H2,1H3,(H,33,34). The van der Waals surface area contributed by atoms with Crippen molar-refractivity contribution in [1.29, 1.82) is 0 Å². The highest BCUT2D eigenvalue weighted by Gasteiger charge is 2.33. The number of unbranched alkanes of at least 4 members (excludes halogenated alkanes) is 1. The third kappa shape index (κ3) is 5.97. The molecule has 1 fully saturated rings. The van der Waals surface area contributed by atoms with Gasteiger partial charge < -0.3 is 5.11 Å². The lowest BCUT2D eigenvalue weighted by Crippen LogP contribution is -2.50. The normalized spacial score (nSPS) is 16.8. The van der Waals surface area contributed by atoms with E-state index in [2.05, 4.69) is 24.5 Å². The Morgan fingerprint density at radius 2 is 1.71 bits per heavy atom. The number of hydrogen-bond acceptors (Lipinski definition) is 4. The van der Waals surface area contributed by atoms with Gasteiger partial charge in [0.2, 0.25) is 0 Å². The Balaban J connectivity index is 1.51. The van der Waals surface area contributed by atoms with Crippen molar-refractivity contribution in [3.63, 3.8) is 0 Å². The van der Waals surface area contributed by atoms with Crippen molar-refractivity contribution >= 4 is 11.9 Å². The van der Waals surface area contributed by atoms with E-state index in [1.165, 1.54) is 5.56 Å². The van der Waals surface area contributed by atoms with Crippen molar-refractivity contribution in [3.8, 4) is 11.1 Å². The summed E-state index contributed by atoms with van der Waals surface area (Å²) in [6.45, 7) is 2.48. The molecule has 3 aromatic rings. The Kier molecular flexibility index (Phi) is 7.95. The van der Waals surface area contributed by atoms with Gasteiger partial charge in [-0.25, -0.2) is 4.79 Å². The van der Waals surface area contributed by atoms with Gasteiger partial charge in [-0.05, 0) is 53.7 Å². The monoisotopic (exact) mass is 470 g/mol. The van der Waals surface area contributed by atoms with E-state index in [0.717, 1.165) is 30.4 Å². The molecule has 0 bridgehead atoms. The Hall–Kier alpha value is -3.90. The van der Waals surface area contributed by atoms with Crippen LogP contribution in [0.15, 0.2) is 90.8 Å². The number of carboxylic acid groups (broad SMARTS) is 1. The molecular weight excluding hydrogens is 440 g/mol. The van der Waals surface area contributed by atoms with Gasteiger partial charge in [0.05, 0.1) is 12.1 Å². The molecule has 1 aliphatic rings. The molecule has 2 N–H and O–H groups in total. The first-order valence-corrected chi connectivity index (χ1v) is 12.0. The quantitative estimate of drug-likeness (QED) is 0.428. The highest BCUT2D eigenvalue weighted by atomic mass is 16.7. The minimum absolute atomic E-state index is 0.0673. The first kappa shape index (κ1) is 24.2. The minimum atomic E-state index is -0.957. The lowest BCUT2D eigenvalue weighted by Gasteiger charge is -2.35. The summed E-state index contributed by atoms with van der Waals surface area (Å²) in [5.41, 5.74) is 6.86. The van der Waals surface area contributed by atoms with Crippen LogP contribution in [0.1, 0.15) is 47.7 Å². The summed E-state index contributed by atoms with van der Waals surface area (Å²) < 4.78 is 0. The summed E-state index contributed by atoms with van der Waals surface area (Å²) >= 11 is 0. The second-order valence-electron chi connectivity index (χ2n) is 8.58. The highest BCUT2D eigenvalue weighted by Crippen LogP contribution is 2.26. The van der Waals surface area contributed by atoms with E-state index < -0.39 is 12.1 Å². The van der Waals surface area contributed by atoms with E-state index in [4.69, 9.17) is 4.84 Å². The van der Waals surface area contributed by atoms with Gasteiger partial charge in [0.15, 0.2) is 6.10 Å². The maximum atomic E-state index is 13.4. The molecule has 0 radical (unpaired) electrons. The van der Waals surface area contributed by atoms with E-state index in [-0.39, 0.29) is 11.5 Å². The number of hydroxylamine groups is 1. The fraction of sp³-hybridized carbons (Fsp3) is 0.241. The Morgan fingerprint density at radius 3 is 2.43 bits per heavy atom. The van der Waals surface area contributed by atoms with Crippen LogP contribution >= 0.6 is 0 Å². The number of aromatic carboxylic acids is 1. The first-order chi connectivity index (χ1) is 17.1. The van der Waals surface area contributed by atoms with Gasteiger partial charge in [0, 0.05) is 0 Å². The molecule has 0 spiro atoms. The SMILES string of the molecule is CCCC=C1NOC(CCc2ccccc2)C(=O)N1Cc1ccc(-c2ccccc2C(=O)O)cc1. The molecular formula is C29H30N2O4. The van der Waals surface area contributed by atoms with Gasteiger partial charge in [0.1, 0.15) is 5.82 Å². The van der Waals surface area contributed by atoms with E-state index in [1.54, 1.807) is 23.1 Å². The summed E-state index contributed by atoms with van der Waals surface area (Å²) in [7, 11) is 0. The van der Waals surface area contributed by atoms with Crippen LogP contribution in [0.5, 0.6) is 0 Å². The number of carboxylic acids is 1. The predicted molar refractivity (Wildman–Crippen MR) is 135 cm³/mol. The second kappa shape index (κ2) is 11.5. The zero-order valence-corrected chi connectivity index (χ0v) is 19.8. The van der Waals surface area contributed by atoms with Crippen LogP contribution in [0, 0.1) is 0 Å². The van der Waals surface area contributed by atoms with Crippen LogP contribution in [-0.4, -0.2) is 28.0 Å². The number of carbonyl (C=O) groups excluding carboxylic acids is 1. The molecule has 6 nitrogen and oxygen atoms in total. The molecule has 1 heterocycles. The van der Waals surface area contributed by atoms with E-state index in [9.17, 15) is 14.7 Å². The van der Waals surface area contributed by atoms with Crippen molar-refractivity contribution in [1.82, 2.24) is 10.4 Å². The zero-order valence-electron chi connectivity index (χ0n) is 19.8. The lowest BCUT2D eigenvalue weighted by molar-refractivity contribution is -0.159. The fourth-order valence-electron chi connectivity index (χ4n) is 4.14. The smallest absolute Gasteiger partial charge is 0.336 e. The Bertz CT molecular complexity index is 1190. The number of carbonyl (C=O) groups is 2. The third-order valence-corrected chi connectivity index (χ3v) is 6.07. The highest BCUT2D eigenvalue weighted by molar-refractivity contribution is 5.96. The van der Waals surface area contributed by atoms with Crippen molar-refractivity contribution < 1.29 is 19.5 Å². The average molecular weight is 471 g/mol. The number of aryl methyl sites for hydroxylation is 1. The number of nitrogens with zero attached hydrogens (tertiary/aromatic N) is 1. The maximum absolute atomic E-state index is 13.4. The van der Waals surface area contributed by atoms with E-state index in [0.29, 0.717) is 24.4 Å². The molecule has 1 atom stereocenters. The topological polar surface area (TPSA) is 78.9 Å². The first-order valence-electron chi connectivity index (χ1n) is 12.0. The zero-order chi connectivity index (χ0) is 24.6. The van der Waals surface area contributed by atoms with Crippen LogP contribution in [0.2, 0.25) is 0 Å². The van der Waals surface area contributed by atoms with Crippen LogP contribution in [0.3, 0.4) is 0 Å². The van der Waals surface area contributed by atoms with Crippen LogP contribution in [-0.2, 0) is 22.6 Å². The van der Waals surface area contributed by atoms with Gasteiger partial charge in [-0.15, -0.1) is 0 Å². The lowest BCUT2D eigenvalue weighted by atomic mass is 9.98. The number of allylic oxidation sites excluding steroid dienone is 1. The molecule has 4 rings (SSSR count). The second-order valence-corrected chi connectivity index (χ2v) is 8.58. The molecule has 1 amide bonds. The molecule has 180 valence electrons. The number of hydrogen-bond donors (Lipinski definition) is 2. The van der Waals surface area contributed by atoms with Gasteiger partial charge in [-0.3, -0.25) is 20.0 Å². The Labute approximate surface area is 205 Å². The summed E-state index contributed by atoms with van der Waals surface area (Å²) in [5.74, 6) is -0.364. The summed E-state index contributed by atoms with van der Waals surface area (Å²) in [5, 5.41) is 9.50. The molecule has 1 unspecified atom stereocenters. The minimum Gasteiger partial charge on any atom is -0.478 e. The van der Waals surface area contributed by atoms with Crippen molar-refractivity contribution in [2.45, 2.75) is 45.3 Å². The molecule has 6 heteroatoms. The third-order valence-electron chi connectivity index (χ3n) is 6.07. The van der Waals surface area contributed by atoms with E-state index >= 15 is 0 Å². The van der Waals surface area contributed by atoms with Crippen molar-refractivity contribution in [2.24, 2.45) is 0 Å². The number of benzene rings is 3. The molecule has 1 aliphatic heterocycles. The van der Waals surface area contributed by atoms with Gasteiger partial charge in [0.25, 0.3) is 5.91 Å². The molecule has 0 saturated carbocycles. The van der Waals surface area contributed by atoms with Gasteiger partial charge in [-0.1, -0.05) is 86.1 Å². The van der Waals surface area contributed by atoms with Crippen LogP contribution < -0.4 is 5.48 Å². The van der Waals surface area contributed by atoms with Crippen LogP contribution in [0.25, 0.3) is 11.1 Å². The van der Waals surface area contributed by atoms with E-state index in [1.807, 2.05) is 54.6 Å². The molecule has 0 aromatic heterocycles. The predicted octanol–water partition coefficient (Wildman–Crippen LogP) is 5.56. The number of amides is 1. The van der Waals surface area contributed by atoms with Crippen molar-refractivity contribution in [2.75, 3.05) is 0 Å². The fourth-order valence-corrected chi connectivity index (χ4v) is 4.14. The molecule has 3 aromatic carbocycles.